The van der Waals surface area contributed by atoms with Crippen LogP contribution in [0.2, 0.25) is 0 Å². The number of hydrogen-bond acceptors (Lipinski definition) is 4. The Kier molecular flexibility index (Phi) is 4.57. The summed E-state index contributed by atoms with van der Waals surface area (Å²) in [7, 11) is -1.82. The lowest BCUT2D eigenvalue weighted by atomic mass is 10.1. The Morgan fingerprint density at radius 3 is 2.84 bits per heavy atom. The summed E-state index contributed by atoms with van der Waals surface area (Å²) in [6.07, 6.45) is 0. The van der Waals surface area contributed by atoms with Crippen molar-refractivity contribution >= 4 is 10.0 Å². The second kappa shape index (κ2) is 6.00. The molecule has 2 rings (SSSR count). The summed E-state index contributed by atoms with van der Waals surface area (Å²) in [4.78, 5) is 0.333. The van der Waals surface area contributed by atoms with E-state index in [9.17, 15) is 8.42 Å². The molecule has 0 spiro atoms. The van der Waals surface area contributed by atoms with Crippen LogP contribution in [0.25, 0.3) is 0 Å². The molecular weight excluding hydrogens is 264 g/mol. The normalized spacial score (nSPS) is 16.3. The minimum absolute atomic E-state index is 0.149. The number of sulfonamides is 1. The van der Waals surface area contributed by atoms with Crippen molar-refractivity contribution in [3.63, 3.8) is 0 Å². The molecule has 6 heteroatoms. The number of fused-ring (bicyclic) bond motifs is 1. The Labute approximate surface area is 114 Å². The van der Waals surface area contributed by atoms with Gasteiger partial charge in [0.2, 0.25) is 10.0 Å². The molecule has 0 radical (unpaired) electrons. The molecule has 1 atom stereocenters. The van der Waals surface area contributed by atoms with Crippen molar-refractivity contribution in [2.45, 2.75) is 24.9 Å². The van der Waals surface area contributed by atoms with Crippen LogP contribution in [0.1, 0.15) is 18.1 Å². The highest BCUT2D eigenvalue weighted by molar-refractivity contribution is 7.89. The van der Waals surface area contributed by atoms with Crippen LogP contribution in [0.3, 0.4) is 0 Å². The van der Waals surface area contributed by atoms with Crippen LogP contribution in [-0.4, -0.2) is 28.7 Å². The second-order valence-corrected chi connectivity index (χ2v) is 6.71. The molecule has 0 aliphatic carbocycles. The first-order chi connectivity index (χ1) is 9.03. The molecule has 0 fully saturated rings. The summed E-state index contributed by atoms with van der Waals surface area (Å²) in [5.74, 6) is 0.149. The topological polar surface area (TPSA) is 67.4 Å². The minimum Gasteiger partial charge on any atom is -0.384 e. The van der Waals surface area contributed by atoms with Gasteiger partial charge < -0.3 is 10.1 Å². The van der Waals surface area contributed by atoms with E-state index >= 15 is 0 Å². The molecule has 0 amide bonds. The van der Waals surface area contributed by atoms with Crippen LogP contribution < -0.4 is 10.0 Å². The van der Waals surface area contributed by atoms with E-state index < -0.39 is 10.0 Å². The maximum atomic E-state index is 12.2. The monoisotopic (exact) mass is 284 g/mol. The van der Waals surface area contributed by atoms with Crippen molar-refractivity contribution in [1.29, 1.82) is 0 Å². The summed E-state index contributed by atoms with van der Waals surface area (Å²) in [5.41, 5.74) is 2.24. The van der Waals surface area contributed by atoms with Gasteiger partial charge >= 0.3 is 0 Å². The average Bonchev–Trinajstić information content (AvgIpc) is 2.84. The van der Waals surface area contributed by atoms with Gasteiger partial charge in [-0.3, -0.25) is 0 Å². The Morgan fingerprint density at radius 1 is 1.37 bits per heavy atom. The van der Waals surface area contributed by atoms with Crippen LogP contribution in [0.5, 0.6) is 0 Å². The van der Waals surface area contributed by atoms with E-state index in [1.165, 1.54) is 5.56 Å². The first-order valence-corrected chi connectivity index (χ1v) is 7.82. The molecule has 1 aromatic rings. The van der Waals surface area contributed by atoms with Crippen LogP contribution >= 0.6 is 0 Å². The average molecular weight is 284 g/mol. The Balaban J connectivity index is 2.07. The van der Waals surface area contributed by atoms with E-state index in [1.54, 1.807) is 19.2 Å². The molecule has 1 heterocycles. The molecule has 1 aliphatic heterocycles. The molecule has 1 aliphatic rings. The smallest absolute Gasteiger partial charge is 0.240 e. The number of rotatable bonds is 6. The summed E-state index contributed by atoms with van der Waals surface area (Å²) < 4.78 is 32.0. The molecule has 0 saturated carbocycles. The second-order valence-electron chi connectivity index (χ2n) is 4.95. The highest BCUT2D eigenvalue weighted by Crippen LogP contribution is 2.19. The van der Waals surface area contributed by atoms with Gasteiger partial charge in [0.15, 0.2) is 0 Å². The van der Waals surface area contributed by atoms with E-state index in [0.717, 1.165) is 18.7 Å². The summed E-state index contributed by atoms with van der Waals surface area (Å²) >= 11 is 0. The van der Waals surface area contributed by atoms with Gasteiger partial charge in [-0.2, -0.15) is 0 Å². The van der Waals surface area contributed by atoms with Gasteiger partial charge in [0.1, 0.15) is 0 Å². The summed E-state index contributed by atoms with van der Waals surface area (Å²) in [5, 5.41) is 3.20. The van der Waals surface area contributed by atoms with Crippen molar-refractivity contribution < 1.29 is 13.2 Å². The Bertz CT molecular complexity index is 543. The van der Waals surface area contributed by atoms with Gasteiger partial charge in [-0.25, -0.2) is 13.1 Å². The predicted octanol–water partition coefficient (Wildman–Crippen LogP) is 0.851. The Hall–Kier alpha value is -0.950. The first kappa shape index (κ1) is 14.5. The molecular formula is C13H20N2O3S. The molecule has 0 aromatic heterocycles. The van der Waals surface area contributed by atoms with Crippen molar-refractivity contribution in [1.82, 2.24) is 10.0 Å². The first-order valence-electron chi connectivity index (χ1n) is 6.34. The van der Waals surface area contributed by atoms with Crippen LogP contribution in [0.4, 0.5) is 0 Å². The van der Waals surface area contributed by atoms with Crippen LogP contribution in [0, 0.1) is 5.92 Å². The van der Waals surface area contributed by atoms with Gasteiger partial charge in [0, 0.05) is 33.4 Å². The molecule has 106 valence electrons. The number of benzene rings is 1. The number of nitrogens with one attached hydrogen (secondary N) is 2. The van der Waals surface area contributed by atoms with E-state index in [1.807, 2.05) is 13.0 Å². The van der Waals surface area contributed by atoms with Crippen molar-refractivity contribution in [2.24, 2.45) is 5.92 Å². The Morgan fingerprint density at radius 2 is 2.11 bits per heavy atom. The zero-order chi connectivity index (χ0) is 13.9. The molecule has 1 aromatic carbocycles. The van der Waals surface area contributed by atoms with Crippen LogP contribution in [-0.2, 0) is 27.8 Å². The summed E-state index contributed by atoms with van der Waals surface area (Å²) in [6, 6.07) is 5.29. The van der Waals surface area contributed by atoms with E-state index in [0.29, 0.717) is 18.0 Å². The predicted molar refractivity (Wildman–Crippen MR) is 73.2 cm³/mol. The van der Waals surface area contributed by atoms with Crippen molar-refractivity contribution in [3.05, 3.63) is 29.3 Å². The van der Waals surface area contributed by atoms with Gasteiger partial charge in [-0.15, -0.1) is 0 Å². The third-order valence-electron chi connectivity index (χ3n) is 3.19. The lowest BCUT2D eigenvalue weighted by Crippen LogP contribution is -2.30. The number of ether oxygens (including phenoxy) is 1. The standard InChI is InChI=1S/C13H20N2O3S/c1-10(9-18-2)6-15-19(16,17)13-4-3-11-7-14-8-12(11)5-13/h3-5,10,14-15H,6-9H2,1-2H3. The van der Waals surface area contributed by atoms with Crippen molar-refractivity contribution in [2.75, 3.05) is 20.3 Å². The molecule has 0 saturated heterocycles. The number of hydrogen-bond donors (Lipinski definition) is 2. The highest BCUT2D eigenvalue weighted by atomic mass is 32.2. The van der Waals surface area contributed by atoms with E-state index in [2.05, 4.69) is 10.0 Å². The quantitative estimate of drug-likeness (QED) is 0.813. The van der Waals surface area contributed by atoms with Gasteiger partial charge in [-0.1, -0.05) is 13.0 Å². The third kappa shape index (κ3) is 3.54. The van der Waals surface area contributed by atoms with E-state index in [-0.39, 0.29) is 5.92 Å². The SMILES string of the molecule is COCC(C)CNS(=O)(=O)c1ccc2c(c1)CNC2. The summed E-state index contributed by atoms with van der Waals surface area (Å²) in [6.45, 7) is 4.41. The van der Waals surface area contributed by atoms with Gasteiger partial charge in [0.25, 0.3) is 0 Å². The maximum absolute atomic E-state index is 12.2. The molecule has 1 unspecified atom stereocenters. The molecule has 19 heavy (non-hydrogen) atoms. The van der Waals surface area contributed by atoms with Gasteiger partial charge in [0.05, 0.1) is 4.90 Å². The third-order valence-corrected chi connectivity index (χ3v) is 4.61. The largest absolute Gasteiger partial charge is 0.384 e. The fourth-order valence-electron chi connectivity index (χ4n) is 2.12. The van der Waals surface area contributed by atoms with Crippen LogP contribution in [0.15, 0.2) is 23.1 Å². The highest BCUT2D eigenvalue weighted by Gasteiger charge is 2.18. The fourth-order valence-corrected chi connectivity index (χ4v) is 3.33. The lowest BCUT2D eigenvalue weighted by molar-refractivity contribution is 0.161. The van der Waals surface area contributed by atoms with Crippen molar-refractivity contribution in [3.8, 4) is 0 Å². The van der Waals surface area contributed by atoms with Gasteiger partial charge in [-0.05, 0) is 29.2 Å². The minimum atomic E-state index is -3.43. The molecule has 0 bridgehead atoms. The molecule has 5 nitrogen and oxygen atoms in total. The zero-order valence-electron chi connectivity index (χ0n) is 11.3. The lowest BCUT2D eigenvalue weighted by Gasteiger charge is -2.12. The maximum Gasteiger partial charge on any atom is 0.240 e. The zero-order valence-corrected chi connectivity index (χ0v) is 12.1. The fraction of sp³-hybridized carbons (Fsp3) is 0.538. The molecule has 2 N–H and O–H groups in total. The number of methoxy groups -OCH3 is 1. The van der Waals surface area contributed by atoms with E-state index in [4.69, 9.17) is 4.74 Å².